The third-order valence-corrected chi connectivity index (χ3v) is 4.70. The molecule has 0 radical (unpaired) electrons. The summed E-state index contributed by atoms with van der Waals surface area (Å²) in [5, 5.41) is 3.46. The lowest BCUT2D eigenvalue weighted by molar-refractivity contribution is 0.306. The van der Waals surface area contributed by atoms with Crippen molar-refractivity contribution in [3.63, 3.8) is 0 Å². The van der Waals surface area contributed by atoms with Crippen molar-refractivity contribution in [3.8, 4) is 5.75 Å². The molecular formula is C20H25NO. The molecule has 1 fully saturated rings. The van der Waals surface area contributed by atoms with E-state index >= 15 is 0 Å². The van der Waals surface area contributed by atoms with Gasteiger partial charge in [0.25, 0.3) is 0 Å². The van der Waals surface area contributed by atoms with E-state index in [1.54, 1.807) is 0 Å². The lowest BCUT2D eigenvalue weighted by Gasteiger charge is -2.19. The topological polar surface area (TPSA) is 21.3 Å². The summed E-state index contributed by atoms with van der Waals surface area (Å²) in [5.74, 6) is 1.73. The predicted octanol–water partition coefficient (Wildman–Crippen LogP) is 4.20. The van der Waals surface area contributed by atoms with Crippen LogP contribution in [0.1, 0.15) is 30.4 Å². The predicted molar refractivity (Wildman–Crippen MR) is 91.1 cm³/mol. The second-order valence-corrected chi connectivity index (χ2v) is 6.21. The molecule has 1 N–H and O–H groups in total. The van der Waals surface area contributed by atoms with Gasteiger partial charge >= 0.3 is 0 Å². The van der Waals surface area contributed by atoms with Crippen molar-refractivity contribution in [2.75, 3.05) is 7.05 Å². The molecule has 2 heteroatoms. The van der Waals surface area contributed by atoms with Crippen LogP contribution in [0.2, 0.25) is 0 Å². The molecule has 2 aromatic carbocycles. The Morgan fingerprint density at radius 1 is 0.955 bits per heavy atom. The Kier molecular flexibility index (Phi) is 5.12. The summed E-state index contributed by atoms with van der Waals surface area (Å²) in [5.41, 5.74) is 2.62. The minimum atomic E-state index is 0.630. The van der Waals surface area contributed by atoms with Gasteiger partial charge in [0.1, 0.15) is 12.4 Å². The summed E-state index contributed by atoms with van der Waals surface area (Å²) in [7, 11) is 2.09. The number of benzene rings is 2. The van der Waals surface area contributed by atoms with E-state index in [1.165, 1.54) is 36.8 Å². The second-order valence-electron chi connectivity index (χ2n) is 6.21. The Labute approximate surface area is 133 Å². The van der Waals surface area contributed by atoms with Gasteiger partial charge in [-0.2, -0.15) is 0 Å². The van der Waals surface area contributed by atoms with Crippen LogP contribution in [0.25, 0.3) is 0 Å². The molecule has 2 aromatic rings. The molecule has 0 amide bonds. The van der Waals surface area contributed by atoms with Crippen molar-refractivity contribution in [3.05, 3.63) is 65.7 Å². The van der Waals surface area contributed by atoms with Crippen LogP contribution in [-0.4, -0.2) is 13.1 Å². The van der Waals surface area contributed by atoms with E-state index in [0.717, 1.165) is 11.7 Å². The second kappa shape index (κ2) is 7.46. The largest absolute Gasteiger partial charge is 0.489 e. The molecule has 0 saturated heterocycles. The molecule has 116 valence electrons. The van der Waals surface area contributed by atoms with E-state index < -0.39 is 0 Å². The molecule has 1 aliphatic carbocycles. The van der Waals surface area contributed by atoms with Crippen molar-refractivity contribution in [2.45, 2.75) is 38.3 Å². The Morgan fingerprint density at radius 2 is 1.73 bits per heavy atom. The van der Waals surface area contributed by atoms with Crippen molar-refractivity contribution in [1.82, 2.24) is 5.32 Å². The smallest absolute Gasteiger partial charge is 0.119 e. The van der Waals surface area contributed by atoms with E-state index in [0.29, 0.717) is 12.6 Å². The lowest BCUT2D eigenvalue weighted by atomic mass is 9.95. The highest BCUT2D eigenvalue weighted by atomic mass is 16.5. The Balaban J connectivity index is 1.54. The van der Waals surface area contributed by atoms with Gasteiger partial charge in [-0.25, -0.2) is 0 Å². The maximum absolute atomic E-state index is 5.85. The zero-order chi connectivity index (χ0) is 15.2. The van der Waals surface area contributed by atoms with Crippen molar-refractivity contribution in [1.29, 1.82) is 0 Å². The van der Waals surface area contributed by atoms with E-state index in [9.17, 15) is 0 Å². The number of hydrogen-bond donors (Lipinski definition) is 1. The van der Waals surface area contributed by atoms with Gasteiger partial charge in [0.05, 0.1) is 0 Å². The SMILES string of the molecule is CNC1CCCC1Cc1ccc(OCc2ccccc2)cc1. The quantitative estimate of drug-likeness (QED) is 0.862. The van der Waals surface area contributed by atoms with Crippen LogP contribution >= 0.6 is 0 Å². The van der Waals surface area contributed by atoms with Gasteiger partial charge in [0, 0.05) is 6.04 Å². The fourth-order valence-corrected chi connectivity index (χ4v) is 3.43. The van der Waals surface area contributed by atoms with Gasteiger partial charge in [-0.1, -0.05) is 48.9 Å². The Bertz CT molecular complexity index is 564. The first-order chi connectivity index (χ1) is 10.8. The fraction of sp³-hybridized carbons (Fsp3) is 0.400. The van der Waals surface area contributed by atoms with Gasteiger partial charge in [-0.15, -0.1) is 0 Å². The lowest BCUT2D eigenvalue weighted by Crippen LogP contribution is -2.29. The molecule has 1 aliphatic rings. The van der Waals surface area contributed by atoms with Crippen LogP contribution in [-0.2, 0) is 13.0 Å². The molecule has 0 bridgehead atoms. The highest BCUT2D eigenvalue weighted by molar-refractivity contribution is 5.28. The van der Waals surface area contributed by atoms with Crippen LogP contribution in [0, 0.1) is 5.92 Å². The Morgan fingerprint density at radius 3 is 2.45 bits per heavy atom. The molecule has 2 atom stereocenters. The molecule has 2 nitrogen and oxygen atoms in total. The van der Waals surface area contributed by atoms with Crippen molar-refractivity contribution >= 4 is 0 Å². The maximum Gasteiger partial charge on any atom is 0.119 e. The van der Waals surface area contributed by atoms with E-state index in [2.05, 4.69) is 48.8 Å². The first kappa shape index (κ1) is 15.1. The molecule has 0 heterocycles. The number of rotatable bonds is 6. The summed E-state index contributed by atoms with van der Waals surface area (Å²) in [6.45, 7) is 0.630. The monoisotopic (exact) mass is 295 g/mol. The van der Waals surface area contributed by atoms with Crippen molar-refractivity contribution in [2.24, 2.45) is 5.92 Å². The number of ether oxygens (including phenoxy) is 1. The summed E-state index contributed by atoms with van der Waals surface area (Å²) < 4.78 is 5.85. The first-order valence-corrected chi connectivity index (χ1v) is 8.28. The van der Waals surface area contributed by atoms with E-state index in [-0.39, 0.29) is 0 Å². The average molecular weight is 295 g/mol. The Hall–Kier alpha value is -1.80. The van der Waals surface area contributed by atoms with Gasteiger partial charge in [0.2, 0.25) is 0 Å². The summed E-state index contributed by atoms with van der Waals surface area (Å²) in [6.07, 6.45) is 5.19. The number of hydrogen-bond acceptors (Lipinski definition) is 2. The van der Waals surface area contributed by atoms with Crippen LogP contribution in [0.5, 0.6) is 5.75 Å². The summed E-state index contributed by atoms with van der Waals surface area (Å²) in [4.78, 5) is 0. The highest BCUT2D eigenvalue weighted by Crippen LogP contribution is 2.29. The highest BCUT2D eigenvalue weighted by Gasteiger charge is 2.25. The van der Waals surface area contributed by atoms with Crippen LogP contribution < -0.4 is 10.1 Å². The number of nitrogens with one attached hydrogen (secondary N) is 1. The van der Waals surface area contributed by atoms with Crippen LogP contribution in [0.3, 0.4) is 0 Å². The van der Waals surface area contributed by atoms with E-state index in [1.807, 2.05) is 18.2 Å². The maximum atomic E-state index is 5.85. The molecular weight excluding hydrogens is 270 g/mol. The summed E-state index contributed by atoms with van der Waals surface area (Å²) >= 11 is 0. The molecule has 2 unspecified atom stereocenters. The van der Waals surface area contributed by atoms with Gasteiger partial charge < -0.3 is 10.1 Å². The van der Waals surface area contributed by atoms with Gasteiger partial charge in [-0.3, -0.25) is 0 Å². The molecule has 1 saturated carbocycles. The van der Waals surface area contributed by atoms with Crippen LogP contribution in [0.15, 0.2) is 54.6 Å². The fourth-order valence-electron chi connectivity index (χ4n) is 3.43. The molecule has 22 heavy (non-hydrogen) atoms. The first-order valence-electron chi connectivity index (χ1n) is 8.28. The average Bonchev–Trinajstić information content (AvgIpc) is 3.02. The molecule has 3 rings (SSSR count). The van der Waals surface area contributed by atoms with Crippen molar-refractivity contribution < 1.29 is 4.74 Å². The molecule has 0 aromatic heterocycles. The third-order valence-electron chi connectivity index (χ3n) is 4.70. The third kappa shape index (κ3) is 3.89. The zero-order valence-corrected chi connectivity index (χ0v) is 13.3. The van der Waals surface area contributed by atoms with Crippen LogP contribution in [0.4, 0.5) is 0 Å². The standard InChI is InChI=1S/C20H25NO/c1-21-20-9-5-8-18(20)14-16-10-12-19(13-11-16)22-15-17-6-3-2-4-7-17/h2-4,6-7,10-13,18,20-21H,5,8-9,14-15H2,1H3. The molecule has 0 spiro atoms. The molecule has 0 aliphatic heterocycles. The zero-order valence-electron chi connectivity index (χ0n) is 13.3. The normalized spacial score (nSPS) is 21.0. The summed E-state index contributed by atoms with van der Waals surface area (Å²) in [6, 6.07) is 19.6. The van der Waals surface area contributed by atoms with Gasteiger partial charge in [0.15, 0.2) is 0 Å². The van der Waals surface area contributed by atoms with Gasteiger partial charge in [-0.05, 0) is 55.5 Å². The minimum absolute atomic E-state index is 0.630. The minimum Gasteiger partial charge on any atom is -0.489 e. The van der Waals surface area contributed by atoms with E-state index in [4.69, 9.17) is 4.74 Å².